The Morgan fingerprint density at radius 1 is 1.16 bits per heavy atom. The second-order valence-corrected chi connectivity index (χ2v) is 4.58. The van der Waals surface area contributed by atoms with Crippen LogP contribution in [-0.2, 0) is 0 Å². The summed E-state index contributed by atoms with van der Waals surface area (Å²) in [6, 6.07) is 11.0. The van der Waals surface area contributed by atoms with Gasteiger partial charge in [-0.1, -0.05) is 53.2 Å². The lowest BCUT2D eigenvalue weighted by molar-refractivity contribution is 0.101. The van der Waals surface area contributed by atoms with Crippen molar-refractivity contribution in [3.63, 3.8) is 0 Å². The van der Waals surface area contributed by atoms with E-state index in [1.54, 1.807) is 6.07 Å². The lowest BCUT2D eigenvalue weighted by Gasteiger charge is -2.03. The number of carbonyl (C=O) groups excluding carboxylic acids is 1. The highest BCUT2D eigenvalue weighted by Crippen LogP contribution is 2.21. The number of aromatic nitrogens is 1. The van der Waals surface area contributed by atoms with E-state index in [0.29, 0.717) is 11.1 Å². The van der Waals surface area contributed by atoms with Gasteiger partial charge >= 0.3 is 0 Å². The first-order valence-corrected chi connectivity index (χ1v) is 6.27. The predicted molar refractivity (Wildman–Crippen MR) is 76.7 cm³/mol. The number of Topliss-reactive ketones (excluding diaryl/α,β-unsaturated/α-hetero) is 1. The van der Waals surface area contributed by atoms with Gasteiger partial charge in [0.2, 0.25) is 0 Å². The molecule has 4 heteroatoms. The molecule has 2 nitrogen and oxygen atoms in total. The van der Waals surface area contributed by atoms with E-state index in [1.165, 1.54) is 6.92 Å². The molecule has 1 heterocycles. The Labute approximate surface area is 121 Å². The molecule has 0 saturated heterocycles. The summed E-state index contributed by atoms with van der Waals surface area (Å²) in [4.78, 5) is 15.4. The molecule has 1 aromatic heterocycles. The first-order valence-electron chi connectivity index (χ1n) is 5.52. The molecule has 0 unspecified atom stereocenters. The normalized spacial score (nSPS) is 9.63. The highest BCUT2D eigenvalue weighted by atomic mass is 35.5. The first kappa shape index (κ1) is 13.6. The third-order valence-corrected chi connectivity index (χ3v) is 2.88. The number of pyridine rings is 1. The van der Waals surface area contributed by atoms with Crippen molar-refractivity contribution in [2.24, 2.45) is 0 Å². The van der Waals surface area contributed by atoms with E-state index in [9.17, 15) is 4.79 Å². The molecule has 0 N–H and O–H groups in total. The molecular weight excluding hydrogens is 281 g/mol. The molecule has 0 radical (unpaired) electrons. The van der Waals surface area contributed by atoms with Crippen molar-refractivity contribution < 1.29 is 4.79 Å². The van der Waals surface area contributed by atoms with E-state index < -0.39 is 0 Å². The van der Waals surface area contributed by atoms with Crippen molar-refractivity contribution in [1.82, 2.24) is 4.98 Å². The topological polar surface area (TPSA) is 30.0 Å². The van der Waals surface area contributed by atoms with Crippen LogP contribution >= 0.6 is 23.2 Å². The molecule has 1 aromatic carbocycles. The molecule has 0 spiro atoms. The zero-order chi connectivity index (χ0) is 13.8. The van der Waals surface area contributed by atoms with E-state index >= 15 is 0 Å². The minimum absolute atomic E-state index is 0.0809. The average molecular weight is 290 g/mol. The third kappa shape index (κ3) is 3.35. The maximum atomic E-state index is 11.6. The van der Waals surface area contributed by atoms with Crippen molar-refractivity contribution in [3.8, 4) is 11.8 Å². The Balaban J connectivity index is 2.52. The summed E-state index contributed by atoms with van der Waals surface area (Å²) in [5, 5.41) is 0.296. The van der Waals surface area contributed by atoms with Crippen LogP contribution in [0.5, 0.6) is 0 Å². The highest BCUT2D eigenvalue weighted by molar-refractivity contribution is 6.35. The number of hydrogen-bond donors (Lipinski definition) is 0. The fraction of sp³-hybridized carbons (Fsp3) is 0.0667. The molecule has 0 bridgehead atoms. The number of rotatable bonds is 1. The number of halogens is 2. The van der Waals surface area contributed by atoms with Crippen LogP contribution in [0.25, 0.3) is 0 Å². The summed E-state index contributed by atoms with van der Waals surface area (Å²) < 4.78 is 0. The van der Waals surface area contributed by atoms with Crippen LogP contribution in [0.1, 0.15) is 28.4 Å². The molecule has 0 aliphatic heterocycles. The van der Waals surface area contributed by atoms with Gasteiger partial charge in [0.15, 0.2) is 5.78 Å². The number of hydrogen-bond acceptors (Lipinski definition) is 2. The SMILES string of the molecule is CC(=O)c1c(C#Cc2ccccc2)cc(Cl)nc1Cl. The van der Waals surface area contributed by atoms with E-state index in [1.807, 2.05) is 30.3 Å². The fourth-order valence-corrected chi connectivity index (χ4v) is 2.14. The van der Waals surface area contributed by atoms with Crippen molar-refractivity contribution in [2.75, 3.05) is 0 Å². The minimum Gasteiger partial charge on any atom is -0.294 e. The molecule has 0 aliphatic rings. The first-order chi connectivity index (χ1) is 9.08. The fourth-order valence-electron chi connectivity index (χ4n) is 1.58. The molecular formula is C15H9Cl2NO. The van der Waals surface area contributed by atoms with Crippen LogP contribution in [0.2, 0.25) is 10.3 Å². The monoisotopic (exact) mass is 289 g/mol. The average Bonchev–Trinajstić information content (AvgIpc) is 2.36. The summed E-state index contributed by atoms with van der Waals surface area (Å²) >= 11 is 11.8. The molecule has 0 amide bonds. The molecule has 19 heavy (non-hydrogen) atoms. The Kier molecular flexibility index (Phi) is 4.21. The lowest BCUT2D eigenvalue weighted by Crippen LogP contribution is -2.00. The molecule has 0 atom stereocenters. The van der Waals surface area contributed by atoms with Crippen LogP contribution in [0.3, 0.4) is 0 Å². The largest absolute Gasteiger partial charge is 0.294 e. The predicted octanol–water partition coefficient (Wildman–Crippen LogP) is 3.99. The van der Waals surface area contributed by atoms with E-state index in [4.69, 9.17) is 23.2 Å². The summed E-state index contributed by atoms with van der Waals surface area (Å²) in [6.07, 6.45) is 0. The Morgan fingerprint density at radius 3 is 2.47 bits per heavy atom. The highest BCUT2D eigenvalue weighted by Gasteiger charge is 2.13. The van der Waals surface area contributed by atoms with Gasteiger partial charge in [-0.25, -0.2) is 4.98 Å². The quantitative estimate of drug-likeness (QED) is 0.451. The number of nitrogens with zero attached hydrogens (tertiary/aromatic N) is 1. The Morgan fingerprint density at radius 2 is 1.84 bits per heavy atom. The standard InChI is InChI=1S/C15H9Cl2NO/c1-10(19)14-12(9-13(16)18-15(14)17)8-7-11-5-3-2-4-6-11/h2-6,9H,1H3. The molecule has 2 aromatic rings. The van der Waals surface area contributed by atoms with Gasteiger partial charge < -0.3 is 0 Å². The molecule has 0 aliphatic carbocycles. The van der Waals surface area contributed by atoms with Crippen molar-refractivity contribution in [2.45, 2.75) is 6.92 Å². The smallest absolute Gasteiger partial charge is 0.164 e. The number of benzene rings is 1. The van der Waals surface area contributed by atoms with Gasteiger partial charge in [-0.05, 0) is 25.1 Å². The van der Waals surface area contributed by atoms with Gasteiger partial charge in [0.25, 0.3) is 0 Å². The zero-order valence-electron chi connectivity index (χ0n) is 10.1. The van der Waals surface area contributed by atoms with Crippen LogP contribution in [0.4, 0.5) is 0 Å². The van der Waals surface area contributed by atoms with Gasteiger partial charge in [0.1, 0.15) is 10.3 Å². The lowest BCUT2D eigenvalue weighted by atomic mass is 10.1. The van der Waals surface area contributed by atoms with Crippen molar-refractivity contribution in [1.29, 1.82) is 0 Å². The molecule has 0 saturated carbocycles. The van der Waals surface area contributed by atoms with Crippen LogP contribution in [0, 0.1) is 11.8 Å². The second kappa shape index (κ2) is 5.88. The van der Waals surface area contributed by atoms with Crippen molar-refractivity contribution >= 4 is 29.0 Å². The second-order valence-electron chi connectivity index (χ2n) is 3.83. The molecule has 0 fully saturated rings. The summed E-state index contributed by atoms with van der Waals surface area (Å²) in [5.74, 6) is 5.69. The van der Waals surface area contributed by atoms with Gasteiger partial charge in [0, 0.05) is 11.1 Å². The van der Waals surface area contributed by atoms with Gasteiger partial charge in [0.05, 0.1) is 5.56 Å². The van der Waals surface area contributed by atoms with Gasteiger partial charge in [-0.15, -0.1) is 0 Å². The van der Waals surface area contributed by atoms with Crippen LogP contribution in [0.15, 0.2) is 36.4 Å². The number of ketones is 1. The van der Waals surface area contributed by atoms with Gasteiger partial charge in [-0.2, -0.15) is 0 Å². The van der Waals surface area contributed by atoms with Crippen LogP contribution in [-0.4, -0.2) is 10.8 Å². The number of carbonyl (C=O) groups is 1. The van der Waals surface area contributed by atoms with E-state index in [2.05, 4.69) is 16.8 Å². The van der Waals surface area contributed by atoms with E-state index in [-0.39, 0.29) is 16.1 Å². The zero-order valence-corrected chi connectivity index (χ0v) is 11.6. The summed E-state index contributed by atoms with van der Waals surface area (Å²) in [7, 11) is 0. The Bertz CT molecular complexity index is 685. The molecule has 94 valence electrons. The summed E-state index contributed by atoms with van der Waals surface area (Å²) in [6.45, 7) is 1.42. The Hall–Kier alpha value is -1.82. The van der Waals surface area contributed by atoms with Gasteiger partial charge in [-0.3, -0.25) is 4.79 Å². The summed E-state index contributed by atoms with van der Waals surface area (Å²) in [5.41, 5.74) is 1.64. The maximum absolute atomic E-state index is 11.6. The van der Waals surface area contributed by atoms with Crippen LogP contribution < -0.4 is 0 Å². The minimum atomic E-state index is -0.188. The van der Waals surface area contributed by atoms with Crippen molar-refractivity contribution in [3.05, 3.63) is 63.4 Å². The molecule has 2 rings (SSSR count). The maximum Gasteiger partial charge on any atom is 0.164 e. The van der Waals surface area contributed by atoms with E-state index in [0.717, 1.165) is 5.56 Å². The third-order valence-electron chi connectivity index (χ3n) is 2.41.